The Kier molecular flexibility index (Phi) is 4.03. The van der Waals surface area contributed by atoms with Gasteiger partial charge >= 0.3 is 0 Å². The molecule has 0 saturated heterocycles. The molecule has 1 aromatic rings. The Morgan fingerprint density at radius 2 is 1.93 bits per heavy atom. The number of likely N-dealkylation sites (N-methyl/N-ethyl adjacent to an activating group) is 1. The third-order valence-electron chi connectivity index (χ3n) is 2.35. The summed E-state index contributed by atoms with van der Waals surface area (Å²) < 4.78 is 0. The first kappa shape index (κ1) is 11.9. The number of benzene rings is 1. The van der Waals surface area contributed by atoms with Gasteiger partial charge in [-0.1, -0.05) is 43.8 Å². The summed E-state index contributed by atoms with van der Waals surface area (Å²) >= 11 is 0. The van der Waals surface area contributed by atoms with Crippen molar-refractivity contribution >= 4 is 6.08 Å². The van der Waals surface area contributed by atoms with Crippen molar-refractivity contribution in [2.24, 2.45) is 11.5 Å². The SMILES string of the molecule is C=Cc1ccc(C(N)(N)CNCC)cc1. The molecule has 1 aromatic carbocycles. The zero-order valence-corrected chi connectivity index (χ0v) is 9.16. The molecule has 0 unspecified atom stereocenters. The summed E-state index contributed by atoms with van der Waals surface area (Å²) in [5.74, 6) is 0. The maximum absolute atomic E-state index is 6.01. The van der Waals surface area contributed by atoms with Crippen LogP contribution in [0.15, 0.2) is 30.8 Å². The van der Waals surface area contributed by atoms with E-state index in [2.05, 4.69) is 11.9 Å². The quantitative estimate of drug-likeness (QED) is 0.629. The van der Waals surface area contributed by atoms with Gasteiger partial charge < -0.3 is 16.8 Å². The fourth-order valence-corrected chi connectivity index (χ4v) is 1.36. The molecule has 0 atom stereocenters. The maximum atomic E-state index is 6.01. The molecule has 0 aromatic heterocycles. The Balaban J connectivity index is 2.80. The second kappa shape index (κ2) is 5.07. The van der Waals surface area contributed by atoms with E-state index in [4.69, 9.17) is 11.5 Å². The Morgan fingerprint density at radius 3 is 2.40 bits per heavy atom. The van der Waals surface area contributed by atoms with Gasteiger partial charge in [0.15, 0.2) is 0 Å². The van der Waals surface area contributed by atoms with Crippen LogP contribution in [-0.2, 0) is 5.66 Å². The number of rotatable bonds is 5. The van der Waals surface area contributed by atoms with Crippen molar-refractivity contribution in [2.75, 3.05) is 13.1 Å². The third-order valence-corrected chi connectivity index (χ3v) is 2.35. The van der Waals surface area contributed by atoms with Crippen LogP contribution >= 0.6 is 0 Å². The first-order valence-corrected chi connectivity index (χ1v) is 5.11. The molecule has 0 heterocycles. The number of hydrogen-bond donors (Lipinski definition) is 3. The molecule has 0 fully saturated rings. The molecule has 82 valence electrons. The van der Waals surface area contributed by atoms with Crippen LogP contribution in [-0.4, -0.2) is 13.1 Å². The van der Waals surface area contributed by atoms with Crippen molar-refractivity contribution in [3.8, 4) is 0 Å². The van der Waals surface area contributed by atoms with E-state index in [-0.39, 0.29) is 0 Å². The van der Waals surface area contributed by atoms with E-state index in [0.717, 1.165) is 17.7 Å². The zero-order chi connectivity index (χ0) is 11.3. The molecule has 1 rings (SSSR count). The van der Waals surface area contributed by atoms with Gasteiger partial charge in [-0.25, -0.2) is 0 Å². The van der Waals surface area contributed by atoms with Crippen LogP contribution in [0.3, 0.4) is 0 Å². The highest BCUT2D eigenvalue weighted by molar-refractivity contribution is 5.47. The molecular weight excluding hydrogens is 186 g/mol. The fourth-order valence-electron chi connectivity index (χ4n) is 1.36. The topological polar surface area (TPSA) is 64.1 Å². The average molecular weight is 205 g/mol. The minimum atomic E-state index is -0.810. The van der Waals surface area contributed by atoms with E-state index in [1.807, 2.05) is 31.2 Å². The van der Waals surface area contributed by atoms with Gasteiger partial charge in [0, 0.05) is 6.54 Å². The molecule has 0 radical (unpaired) electrons. The largest absolute Gasteiger partial charge is 0.313 e. The minimum Gasteiger partial charge on any atom is -0.313 e. The molecule has 0 saturated carbocycles. The van der Waals surface area contributed by atoms with Crippen molar-refractivity contribution in [3.05, 3.63) is 42.0 Å². The second-order valence-corrected chi connectivity index (χ2v) is 3.65. The molecule has 5 N–H and O–H groups in total. The summed E-state index contributed by atoms with van der Waals surface area (Å²) in [5, 5.41) is 3.15. The Hall–Kier alpha value is -1.16. The number of hydrogen-bond acceptors (Lipinski definition) is 3. The molecule has 0 bridgehead atoms. The van der Waals surface area contributed by atoms with Crippen LogP contribution < -0.4 is 16.8 Å². The van der Waals surface area contributed by atoms with E-state index in [9.17, 15) is 0 Å². The molecular formula is C12H19N3. The Bertz CT molecular complexity index is 314. The highest BCUT2D eigenvalue weighted by atomic mass is 15.0. The lowest BCUT2D eigenvalue weighted by molar-refractivity contribution is 0.429. The second-order valence-electron chi connectivity index (χ2n) is 3.65. The molecule has 0 spiro atoms. The van der Waals surface area contributed by atoms with E-state index in [1.165, 1.54) is 0 Å². The Labute approximate surface area is 91.2 Å². The molecule has 0 aliphatic carbocycles. The first-order valence-electron chi connectivity index (χ1n) is 5.11. The van der Waals surface area contributed by atoms with Gasteiger partial charge in [-0.3, -0.25) is 0 Å². The van der Waals surface area contributed by atoms with Crippen LogP contribution in [0, 0.1) is 0 Å². The first-order chi connectivity index (χ1) is 7.10. The van der Waals surface area contributed by atoms with Gasteiger partial charge in [-0.05, 0) is 17.7 Å². The summed E-state index contributed by atoms with van der Waals surface area (Å²) in [6, 6.07) is 7.80. The molecule has 15 heavy (non-hydrogen) atoms. The van der Waals surface area contributed by atoms with Crippen LogP contribution in [0.25, 0.3) is 6.08 Å². The predicted octanol–water partition coefficient (Wildman–Crippen LogP) is 1.01. The van der Waals surface area contributed by atoms with Gasteiger partial charge in [-0.2, -0.15) is 0 Å². The van der Waals surface area contributed by atoms with Crippen molar-refractivity contribution in [3.63, 3.8) is 0 Å². The van der Waals surface area contributed by atoms with Crippen molar-refractivity contribution in [1.29, 1.82) is 0 Å². The van der Waals surface area contributed by atoms with Crippen molar-refractivity contribution < 1.29 is 0 Å². The third kappa shape index (κ3) is 3.16. The summed E-state index contributed by atoms with van der Waals surface area (Å²) in [5.41, 5.74) is 13.2. The van der Waals surface area contributed by atoms with Crippen LogP contribution in [0.2, 0.25) is 0 Å². The average Bonchev–Trinajstić information content (AvgIpc) is 2.26. The van der Waals surface area contributed by atoms with E-state index in [0.29, 0.717) is 6.54 Å². The molecule has 0 amide bonds. The van der Waals surface area contributed by atoms with Crippen molar-refractivity contribution in [1.82, 2.24) is 5.32 Å². The fraction of sp³-hybridized carbons (Fsp3) is 0.333. The van der Waals surface area contributed by atoms with E-state index < -0.39 is 5.66 Å². The highest BCUT2D eigenvalue weighted by Gasteiger charge is 2.20. The van der Waals surface area contributed by atoms with Crippen LogP contribution in [0.5, 0.6) is 0 Å². The van der Waals surface area contributed by atoms with E-state index >= 15 is 0 Å². The minimum absolute atomic E-state index is 0.566. The normalized spacial score (nSPS) is 11.4. The number of nitrogens with one attached hydrogen (secondary N) is 1. The van der Waals surface area contributed by atoms with Gasteiger partial charge in [0.1, 0.15) is 5.66 Å². The molecule has 0 aliphatic heterocycles. The Morgan fingerprint density at radius 1 is 1.33 bits per heavy atom. The lowest BCUT2D eigenvalue weighted by Gasteiger charge is -2.25. The lowest BCUT2D eigenvalue weighted by atomic mass is 10.00. The van der Waals surface area contributed by atoms with Gasteiger partial charge in [0.05, 0.1) is 0 Å². The lowest BCUT2D eigenvalue weighted by Crippen LogP contribution is -2.53. The predicted molar refractivity (Wildman–Crippen MR) is 65.1 cm³/mol. The highest BCUT2D eigenvalue weighted by Crippen LogP contribution is 2.13. The summed E-state index contributed by atoms with van der Waals surface area (Å²) in [7, 11) is 0. The maximum Gasteiger partial charge on any atom is 0.103 e. The van der Waals surface area contributed by atoms with Crippen LogP contribution in [0.4, 0.5) is 0 Å². The van der Waals surface area contributed by atoms with Gasteiger partial charge in [0.25, 0.3) is 0 Å². The monoisotopic (exact) mass is 205 g/mol. The van der Waals surface area contributed by atoms with E-state index in [1.54, 1.807) is 6.08 Å². The zero-order valence-electron chi connectivity index (χ0n) is 9.16. The summed E-state index contributed by atoms with van der Waals surface area (Å²) in [4.78, 5) is 0. The molecule has 3 heteroatoms. The molecule has 3 nitrogen and oxygen atoms in total. The summed E-state index contributed by atoms with van der Waals surface area (Å²) in [6.07, 6.45) is 1.79. The van der Waals surface area contributed by atoms with Gasteiger partial charge in [0.2, 0.25) is 0 Å². The standard InChI is InChI=1S/C12H19N3/c1-3-10-5-7-11(8-6-10)12(13,14)9-15-4-2/h3,5-8,15H,1,4,9,13-14H2,2H3. The number of nitrogens with two attached hydrogens (primary N) is 2. The summed E-state index contributed by atoms with van der Waals surface area (Å²) in [6.45, 7) is 7.15. The van der Waals surface area contributed by atoms with Crippen LogP contribution in [0.1, 0.15) is 18.1 Å². The molecule has 0 aliphatic rings. The smallest absolute Gasteiger partial charge is 0.103 e. The van der Waals surface area contributed by atoms with Crippen molar-refractivity contribution in [2.45, 2.75) is 12.6 Å². The van der Waals surface area contributed by atoms with Gasteiger partial charge in [-0.15, -0.1) is 0 Å².